The summed E-state index contributed by atoms with van der Waals surface area (Å²) in [6, 6.07) is 9.82. The van der Waals surface area contributed by atoms with Gasteiger partial charge in [0.05, 0.1) is 23.8 Å². The summed E-state index contributed by atoms with van der Waals surface area (Å²) in [6.07, 6.45) is 3.44. The van der Waals surface area contributed by atoms with E-state index in [4.69, 9.17) is 9.15 Å². The average Bonchev–Trinajstić information content (AvgIpc) is 3.11. The molecule has 9 heteroatoms. The molecule has 1 aliphatic rings. The normalized spacial score (nSPS) is 13.0. The molecule has 3 aromatic heterocycles. The fraction of sp³-hybridized carbons (Fsp3) is 0.190. The number of furan rings is 1. The summed E-state index contributed by atoms with van der Waals surface area (Å²) >= 11 is 0. The second-order valence-corrected chi connectivity index (χ2v) is 6.81. The number of nitrogens with zero attached hydrogens (tertiary/aromatic N) is 3. The van der Waals surface area contributed by atoms with Crippen LogP contribution in [0.1, 0.15) is 17.0 Å². The van der Waals surface area contributed by atoms with Gasteiger partial charge in [0.2, 0.25) is 0 Å². The molecule has 0 radical (unpaired) electrons. The van der Waals surface area contributed by atoms with Crippen LogP contribution in [0.3, 0.4) is 0 Å². The minimum Gasteiger partial charge on any atom is -0.485 e. The van der Waals surface area contributed by atoms with Crippen molar-refractivity contribution in [3.05, 3.63) is 82.0 Å². The highest BCUT2D eigenvalue weighted by molar-refractivity contribution is 5.85. The first-order valence-corrected chi connectivity index (χ1v) is 9.25. The van der Waals surface area contributed by atoms with E-state index in [0.29, 0.717) is 17.1 Å². The van der Waals surface area contributed by atoms with Crippen molar-refractivity contribution in [2.45, 2.75) is 19.6 Å². The highest BCUT2D eigenvalue weighted by Gasteiger charge is 2.18. The van der Waals surface area contributed by atoms with Crippen molar-refractivity contribution < 1.29 is 13.5 Å². The Morgan fingerprint density at radius 2 is 2.10 bits per heavy atom. The van der Waals surface area contributed by atoms with E-state index in [9.17, 15) is 9.18 Å². The zero-order valence-corrected chi connectivity index (χ0v) is 16.6. The number of hydrogen-bond acceptors (Lipinski definition) is 6. The topological polar surface area (TPSA) is 82.2 Å². The molecule has 4 heterocycles. The first-order chi connectivity index (χ1) is 14.2. The van der Waals surface area contributed by atoms with Gasteiger partial charge in [-0.15, -0.1) is 12.4 Å². The lowest BCUT2D eigenvalue weighted by molar-refractivity contribution is 0.298. The van der Waals surface area contributed by atoms with Crippen LogP contribution in [0.4, 0.5) is 4.39 Å². The van der Waals surface area contributed by atoms with Crippen molar-refractivity contribution in [3.8, 4) is 11.4 Å². The van der Waals surface area contributed by atoms with Crippen LogP contribution < -0.4 is 15.6 Å². The third-order valence-corrected chi connectivity index (χ3v) is 4.89. The largest absolute Gasteiger partial charge is 0.485 e. The van der Waals surface area contributed by atoms with E-state index in [0.717, 1.165) is 42.4 Å². The van der Waals surface area contributed by atoms with E-state index in [1.54, 1.807) is 0 Å². The minimum absolute atomic E-state index is 0. The third kappa shape index (κ3) is 3.79. The molecule has 1 aromatic carbocycles. The predicted octanol–water partition coefficient (Wildman–Crippen LogP) is 3.16. The van der Waals surface area contributed by atoms with E-state index in [-0.39, 0.29) is 24.6 Å². The maximum atomic E-state index is 12.9. The number of benzene rings is 1. The van der Waals surface area contributed by atoms with Gasteiger partial charge in [0.15, 0.2) is 0 Å². The summed E-state index contributed by atoms with van der Waals surface area (Å²) < 4.78 is 25.7. The predicted molar refractivity (Wildman–Crippen MR) is 111 cm³/mol. The summed E-state index contributed by atoms with van der Waals surface area (Å²) in [5, 5.41) is 8.60. The van der Waals surface area contributed by atoms with Crippen LogP contribution in [-0.2, 0) is 19.6 Å². The van der Waals surface area contributed by atoms with Gasteiger partial charge in [-0.3, -0.25) is 9.78 Å². The molecule has 0 fully saturated rings. The van der Waals surface area contributed by atoms with Gasteiger partial charge in [-0.1, -0.05) is 0 Å². The molecule has 1 aliphatic heterocycles. The first-order valence-electron chi connectivity index (χ1n) is 9.25. The van der Waals surface area contributed by atoms with Crippen LogP contribution >= 0.6 is 12.4 Å². The highest BCUT2D eigenvalue weighted by Crippen LogP contribution is 2.29. The minimum atomic E-state index is -0.413. The molecule has 0 unspecified atom stereocenters. The van der Waals surface area contributed by atoms with Crippen molar-refractivity contribution in [1.29, 1.82) is 0 Å². The molecule has 0 saturated carbocycles. The van der Waals surface area contributed by atoms with Crippen molar-refractivity contribution in [1.82, 2.24) is 20.1 Å². The Hall–Kier alpha value is -3.23. The molecule has 0 saturated heterocycles. The highest BCUT2D eigenvalue weighted by atomic mass is 35.5. The van der Waals surface area contributed by atoms with Gasteiger partial charge in [-0.2, -0.15) is 9.78 Å². The summed E-state index contributed by atoms with van der Waals surface area (Å²) in [4.78, 5) is 16.5. The molecular weight excluding hydrogens is 411 g/mol. The van der Waals surface area contributed by atoms with E-state index < -0.39 is 5.82 Å². The lowest BCUT2D eigenvalue weighted by Gasteiger charge is -2.10. The Bertz CT molecular complexity index is 1250. The molecule has 0 bridgehead atoms. The SMILES string of the molecule is Cl.O=c1cc(OCc2ccc(F)cn2)cnn1-c1ccc2c3c(oc2c1)CCNC3. The standard InChI is InChI=1S/C21H17FN4O3.ClH/c22-13-1-2-14(24-9-13)12-28-16-8-21(27)26(25-10-16)15-3-4-17-18-11-23-6-5-19(18)29-20(17)7-15;/h1-4,7-10,23H,5-6,11-12H2;1H. The Morgan fingerprint density at radius 1 is 1.20 bits per heavy atom. The number of aromatic nitrogens is 3. The molecule has 7 nitrogen and oxygen atoms in total. The zero-order valence-electron chi connectivity index (χ0n) is 15.8. The van der Waals surface area contributed by atoms with Crippen molar-refractivity contribution in [2.75, 3.05) is 6.54 Å². The fourth-order valence-corrected chi connectivity index (χ4v) is 3.45. The van der Waals surface area contributed by atoms with Crippen LogP contribution in [0.2, 0.25) is 0 Å². The smallest absolute Gasteiger partial charge is 0.275 e. The Kier molecular flexibility index (Phi) is 5.52. The molecule has 154 valence electrons. The first kappa shape index (κ1) is 20.1. The molecule has 30 heavy (non-hydrogen) atoms. The van der Waals surface area contributed by atoms with Crippen molar-refractivity contribution in [3.63, 3.8) is 0 Å². The van der Waals surface area contributed by atoms with Gasteiger partial charge in [-0.25, -0.2) is 4.39 Å². The van der Waals surface area contributed by atoms with Crippen LogP contribution in [0, 0.1) is 5.82 Å². The maximum Gasteiger partial charge on any atom is 0.275 e. The summed E-state index contributed by atoms with van der Waals surface area (Å²) in [6.45, 7) is 1.80. The van der Waals surface area contributed by atoms with Crippen LogP contribution in [0.25, 0.3) is 16.7 Å². The monoisotopic (exact) mass is 428 g/mol. The van der Waals surface area contributed by atoms with E-state index in [2.05, 4.69) is 15.4 Å². The number of nitrogens with one attached hydrogen (secondary N) is 1. The molecule has 0 atom stereocenters. The molecule has 0 spiro atoms. The second-order valence-electron chi connectivity index (χ2n) is 6.81. The lowest BCUT2D eigenvalue weighted by atomic mass is 10.1. The molecule has 1 N–H and O–H groups in total. The summed E-state index contributed by atoms with van der Waals surface area (Å²) in [5.74, 6) is 0.899. The molecule has 4 aromatic rings. The van der Waals surface area contributed by atoms with Gasteiger partial charge < -0.3 is 14.5 Å². The van der Waals surface area contributed by atoms with Gasteiger partial charge in [0.1, 0.15) is 29.5 Å². The number of fused-ring (bicyclic) bond motifs is 3. The third-order valence-electron chi connectivity index (χ3n) is 4.89. The van der Waals surface area contributed by atoms with Gasteiger partial charge in [-0.05, 0) is 24.3 Å². The molecule has 5 rings (SSSR count). The van der Waals surface area contributed by atoms with Crippen LogP contribution in [-0.4, -0.2) is 21.3 Å². The van der Waals surface area contributed by atoms with Crippen molar-refractivity contribution >= 4 is 23.4 Å². The molecular formula is C21H18ClFN4O3. The zero-order chi connectivity index (χ0) is 19.8. The summed E-state index contributed by atoms with van der Waals surface area (Å²) in [7, 11) is 0. The molecule has 0 aliphatic carbocycles. The summed E-state index contributed by atoms with van der Waals surface area (Å²) in [5.41, 5.74) is 2.77. The number of hydrogen-bond donors (Lipinski definition) is 1. The van der Waals surface area contributed by atoms with Crippen LogP contribution in [0.5, 0.6) is 5.75 Å². The fourth-order valence-electron chi connectivity index (χ4n) is 3.45. The van der Waals surface area contributed by atoms with E-state index in [1.807, 2.05) is 18.2 Å². The second kappa shape index (κ2) is 8.25. The number of ether oxygens (including phenoxy) is 1. The number of rotatable bonds is 4. The number of halogens is 2. The Labute approximate surface area is 176 Å². The van der Waals surface area contributed by atoms with Gasteiger partial charge in [0.25, 0.3) is 5.56 Å². The lowest BCUT2D eigenvalue weighted by Crippen LogP contribution is -2.22. The van der Waals surface area contributed by atoms with Crippen LogP contribution in [0.15, 0.2) is 58.0 Å². The Balaban J connectivity index is 0.00000218. The quantitative estimate of drug-likeness (QED) is 0.537. The van der Waals surface area contributed by atoms with Gasteiger partial charge >= 0.3 is 0 Å². The maximum absolute atomic E-state index is 12.9. The average molecular weight is 429 g/mol. The Morgan fingerprint density at radius 3 is 2.90 bits per heavy atom. The van der Waals surface area contributed by atoms with Gasteiger partial charge in [0, 0.05) is 42.6 Å². The molecule has 0 amide bonds. The number of pyridine rings is 1. The van der Waals surface area contributed by atoms with E-state index >= 15 is 0 Å². The van der Waals surface area contributed by atoms with E-state index in [1.165, 1.54) is 34.6 Å². The van der Waals surface area contributed by atoms with Crippen molar-refractivity contribution in [2.24, 2.45) is 0 Å².